The summed E-state index contributed by atoms with van der Waals surface area (Å²) in [6.07, 6.45) is 0. The summed E-state index contributed by atoms with van der Waals surface area (Å²) in [5, 5.41) is 2.54. The van der Waals surface area contributed by atoms with E-state index in [4.69, 9.17) is 0 Å². The zero-order chi connectivity index (χ0) is 35.5. The second-order valence-corrected chi connectivity index (χ2v) is 14.9. The van der Waals surface area contributed by atoms with Crippen molar-refractivity contribution in [3.8, 4) is 39.1 Å². The average molecular weight is 678 g/mol. The standard InChI is InChI=1S/C52H39N/c1-52(2)47-19-11-9-17-43(47)44-31-29-41(34-48(44)52)51(38-25-21-36(22-26-38)35-13-5-3-6-14-35)39-27-23-37(24-28-39)40-30-32-50-46(33-40)45-18-10-12-20-49(45)53(50)42-15-7-4-8-16-42/h3-34,51H,1-2H3/t51-/m1/s1. The quantitative estimate of drug-likeness (QED) is 0.154. The summed E-state index contributed by atoms with van der Waals surface area (Å²) >= 11 is 0. The fourth-order valence-electron chi connectivity index (χ4n) is 8.85. The maximum absolute atomic E-state index is 2.48. The minimum absolute atomic E-state index is 0.0597. The number of hydrogen-bond acceptors (Lipinski definition) is 0. The molecule has 1 aliphatic rings. The molecule has 252 valence electrons. The molecule has 8 aromatic carbocycles. The Kier molecular flexibility index (Phi) is 7.30. The molecule has 9 aromatic rings. The Labute approximate surface area is 311 Å². The second-order valence-electron chi connectivity index (χ2n) is 14.9. The van der Waals surface area contributed by atoms with Gasteiger partial charge in [0.25, 0.3) is 0 Å². The van der Waals surface area contributed by atoms with E-state index in [2.05, 4.69) is 213 Å². The van der Waals surface area contributed by atoms with Crippen molar-refractivity contribution in [2.45, 2.75) is 25.2 Å². The number of benzene rings is 8. The third-order valence-corrected chi connectivity index (χ3v) is 11.6. The SMILES string of the molecule is CC1(C)c2ccccc2-c2ccc([C@H](c3ccc(-c4ccccc4)cc3)c3ccc(-c4ccc5c(c4)c4ccccc4n5-c4ccccc4)cc3)cc21. The van der Waals surface area contributed by atoms with Gasteiger partial charge in [-0.25, -0.2) is 0 Å². The first kappa shape index (κ1) is 31.3. The van der Waals surface area contributed by atoms with Crippen molar-refractivity contribution in [1.82, 2.24) is 4.57 Å². The molecular formula is C52H39N. The van der Waals surface area contributed by atoms with Crippen molar-refractivity contribution in [3.63, 3.8) is 0 Å². The number of hydrogen-bond donors (Lipinski definition) is 0. The van der Waals surface area contributed by atoms with Gasteiger partial charge >= 0.3 is 0 Å². The lowest BCUT2D eigenvalue weighted by molar-refractivity contribution is 0.659. The van der Waals surface area contributed by atoms with E-state index in [0.29, 0.717) is 0 Å². The number of rotatable bonds is 6. The van der Waals surface area contributed by atoms with Gasteiger partial charge in [-0.1, -0.05) is 178 Å². The Hall–Kier alpha value is -6.44. The molecule has 1 heteroatoms. The molecule has 53 heavy (non-hydrogen) atoms. The number of nitrogens with zero attached hydrogens (tertiary/aromatic N) is 1. The number of fused-ring (bicyclic) bond motifs is 6. The van der Waals surface area contributed by atoms with Crippen molar-refractivity contribution in [3.05, 3.63) is 222 Å². The summed E-state index contributed by atoms with van der Waals surface area (Å²) in [5.41, 5.74) is 17.9. The molecule has 0 radical (unpaired) electrons. The van der Waals surface area contributed by atoms with Crippen molar-refractivity contribution < 1.29 is 0 Å². The van der Waals surface area contributed by atoms with Crippen LogP contribution < -0.4 is 0 Å². The predicted molar refractivity (Wildman–Crippen MR) is 223 cm³/mol. The van der Waals surface area contributed by atoms with Gasteiger partial charge in [0.15, 0.2) is 0 Å². The summed E-state index contributed by atoms with van der Waals surface area (Å²) in [6.45, 7) is 4.74. The lowest BCUT2D eigenvalue weighted by Crippen LogP contribution is -2.15. The van der Waals surface area contributed by atoms with Crippen LogP contribution in [-0.2, 0) is 5.41 Å². The van der Waals surface area contributed by atoms with Gasteiger partial charge in [0.1, 0.15) is 0 Å². The van der Waals surface area contributed by atoms with E-state index < -0.39 is 0 Å². The van der Waals surface area contributed by atoms with Gasteiger partial charge < -0.3 is 4.57 Å². The highest BCUT2D eigenvalue weighted by Gasteiger charge is 2.36. The molecule has 0 spiro atoms. The molecular weight excluding hydrogens is 639 g/mol. The number of para-hydroxylation sites is 2. The highest BCUT2D eigenvalue weighted by Crippen LogP contribution is 2.50. The van der Waals surface area contributed by atoms with Crippen LogP contribution in [0.3, 0.4) is 0 Å². The van der Waals surface area contributed by atoms with Crippen molar-refractivity contribution >= 4 is 21.8 Å². The summed E-state index contributed by atoms with van der Waals surface area (Å²) < 4.78 is 2.38. The number of aromatic nitrogens is 1. The van der Waals surface area contributed by atoms with E-state index in [1.165, 1.54) is 88.7 Å². The van der Waals surface area contributed by atoms with E-state index in [0.717, 1.165) is 0 Å². The fraction of sp³-hybridized carbons (Fsp3) is 0.0769. The molecule has 0 amide bonds. The summed E-state index contributed by atoms with van der Waals surface area (Å²) in [6, 6.07) is 71.6. The highest BCUT2D eigenvalue weighted by atomic mass is 15.0. The Morgan fingerprint density at radius 2 is 0.906 bits per heavy atom. The van der Waals surface area contributed by atoms with E-state index in [1.807, 2.05) is 0 Å². The highest BCUT2D eigenvalue weighted by molar-refractivity contribution is 6.10. The van der Waals surface area contributed by atoms with Crippen LogP contribution in [0.2, 0.25) is 0 Å². The van der Waals surface area contributed by atoms with E-state index in [9.17, 15) is 0 Å². The van der Waals surface area contributed by atoms with Crippen LogP contribution in [0.1, 0.15) is 47.6 Å². The third kappa shape index (κ3) is 5.15. The van der Waals surface area contributed by atoms with Crippen LogP contribution in [0.4, 0.5) is 0 Å². The third-order valence-electron chi connectivity index (χ3n) is 11.6. The fourth-order valence-corrected chi connectivity index (χ4v) is 8.85. The van der Waals surface area contributed by atoms with Crippen LogP contribution >= 0.6 is 0 Å². The minimum Gasteiger partial charge on any atom is -0.309 e. The van der Waals surface area contributed by atoms with Crippen molar-refractivity contribution in [2.24, 2.45) is 0 Å². The molecule has 1 heterocycles. The Morgan fingerprint density at radius 3 is 1.64 bits per heavy atom. The monoisotopic (exact) mass is 677 g/mol. The Bertz CT molecular complexity index is 2770. The normalized spacial score (nSPS) is 13.5. The zero-order valence-electron chi connectivity index (χ0n) is 30.0. The molecule has 0 bridgehead atoms. The molecule has 0 saturated carbocycles. The van der Waals surface area contributed by atoms with Crippen molar-refractivity contribution in [1.29, 1.82) is 0 Å². The molecule has 0 fully saturated rings. The second kappa shape index (κ2) is 12.4. The first-order valence-electron chi connectivity index (χ1n) is 18.6. The lowest BCUT2D eigenvalue weighted by atomic mass is 9.79. The molecule has 0 aliphatic heterocycles. The molecule has 1 aromatic heterocycles. The van der Waals surface area contributed by atoms with Crippen LogP contribution in [0, 0.1) is 0 Å². The smallest absolute Gasteiger partial charge is 0.0541 e. The topological polar surface area (TPSA) is 4.93 Å². The van der Waals surface area contributed by atoms with Crippen molar-refractivity contribution in [2.75, 3.05) is 0 Å². The molecule has 10 rings (SSSR count). The van der Waals surface area contributed by atoms with Crippen LogP contribution in [0.25, 0.3) is 60.9 Å². The minimum atomic E-state index is -0.0597. The van der Waals surface area contributed by atoms with Gasteiger partial charge in [-0.15, -0.1) is 0 Å². The first-order chi connectivity index (χ1) is 26.0. The summed E-state index contributed by atoms with van der Waals surface area (Å²) in [7, 11) is 0. The molecule has 1 aliphatic carbocycles. The van der Waals surface area contributed by atoms with Gasteiger partial charge in [-0.3, -0.25) is 0 Å². The summed E-state index contributed by atoms with van der Waals surface area (Å²) in [4.78, 5) is 0. The lowest BCUT2D eigenvalue weighted by Gasteiger charge is -2.25. The molecule has 0 N–H and O–H groups in total. The van der Waals surface area contributed by atoms with Crippen LogP contribution in [0.5, 0.6) is 0 Å². The van der Waals surface area contributed by atoms with Gasteiger partial charge in [-0.2, -0.15) is 0 Å². The van der Waals surface area contributed by atoms with E-state index in [-0.39, 0.29) is 11.3 Å². The maximum atomic E-state index is 2.48. The van der Waals surface area contributed by atoms with Gasteiger partial charge in [0.2, 0.25) is 0 Å². The largest absolute Gasteiger partial charge is 0.309 e. The molecule has 1 atom stereocenters. The predicted octanol–water partition coefficient (Wildman–Crippen LogP) is 13.6. The maximum Gasteiger partial charge on any atom is 0.0541 e. The Balaban J connectivity index is 1.07. The Morgan fingerprint density at radius 1 is 0.377 bits per heavy atom. The molecule has 0 unspecified atom stereocenters. The van der Waals surface area contributed by atoms with E-state index >= 15 is 0 Å². The van der Waals surface area contributed by atoms with E-state index in [1.54, 1.807) is 0 Å². The van der Waals surface area contributed by atoms with Gasteiger partial charge in [0.05, 0.1) is 11.0 Å². The first-order valence-corrected chi connectivity index (χ1v) is 18.6. The van der Waals surface area contributed by atoms with Crippen LogP contribution in [-0.4, -0.2) is 4.57 Å². The summed E-state index contributed by atoms with van der Waals surface area (Å²) in [5.74, 6) is 0.0880. The van der Waals surface area contributed by atoms with Gasteiger partial charge in [0, 0.05) is 27.8 Å². The zero-order valence-corrected chi connectivity index (χ0v) is 30.0. The van der Waals surface area contributed by atoms with Gasteiger partial charge in [-0.05, 0) is 91.5 Å². The van der Waals surface area contributed by atoms with Crippen LogP contribution in [0.15, 0.2) is 194 Å². The molecule has 0 saturated heterocycles. The average Bonchev–Trinajstić information content (AvgIpc) is 3.67. The molecule has 1 nitrogen and oxygen atoms in total.